The molecule has 0 radical (unpaired) electrons. The van der Waals surface area contributed by atoms with Gasteiger partial charge >= 0.3 is 0 Å². The minimum atomic E-state index is -0.0386. The maximum atomic E-state index is 12.7. The van der Waals surface area contributed by atoms with E-state index in [4.69, 9.17) is 5.73 Å². The molecule has 1 saturated heterocycles. The highest BCUT2D eigenvalue weighted by Crippen LogP contribution is 2.24. The van der Waals surface area contributed by atoms with Crippen LogP contribution in [0.2, 0.25) is 0 Å². The van der Waals surface area contributed by atoms with Crippen molar-refractivity contribution in [2.45, 2.75) is 18.9 Å². The highest BCUT2D eigenvalue weighted by atomic mass is 79.9. The number of aromatic nitrogens is 2. The summed E-state index contributed by atoms with van der Waals surface area (Å²) in [5.74, 6) is 0.319. The smallest absolute Gasteiger partial charge is 0.263 e. The Kier molecular flexibility index (Phi) is 3.52. The van der Waals surface area contributed by atoms with Gasteiger partial charge in [0, 0.05) is 10.5 Å². The number of nitrogens with zero attached hydrogens (tertiary/aromatic N) is 3. The fourth-order valence-corrected chi connectivity index (χ4v) is 3.16. The molecule has 0 bridgehead atoms. The molecule has 1 aromatic carbocycles. The van der Waals surface area contributed by atoms with Gasteiger partial charge in [0.2, 0.25) is 5.95 Å². The van der Waals surface area contributed by atoms with Crippen molar-refractivity contribution >= 4 is 32.8 Å². The highest BCUT2D eigenvalue weighted by molar-refractivity contribution is 9.10. The van der Waals surface area contributed by atoms with Gasteiger partial charge in [0.05, 0.1) is 10.9 Å². The molecule has 2 aromatic rings. The van der Waals surface area contributed by atoms with Crippen LogP contribution in [-0.4, -0.2) is 34.6 Å². The van der Waals surface area contributed by atoms with Gasteiger partial charge in [-0.25, -0.2) is 4.98 Å². The number of hydrogen-bond acceptors (Lipinski definition) is 4. The molecule has 0 spiro atoms. The van der Waals surface area contributed by atoms with Gasteiger partial charge in [0.25, 0.3) is 5.56 Å². The summed E-state index contributed by atoms with van der Waals surface area (Å²) in [4.78, 5) is 19.3. The Balaban J connectivity index is 2.13. The maximum absolute atomic E-state index is 12.7. The van der Waals surface area contributed by atoms with Crippen molar-refractivity contribution in [1.82, 2.24) is 14.5 Å². The van der Waals surface area contributed by atoms with Gasteiger partial charge in [-0.15, -0.1) is 0 Å². The molecule has 2 N–H and O–H groups in total. The van der Waals surface area contributed by atoms with Crippen LogP contribution in [0.3, 0.4) is 0 Å². The van der Waals surface area contributed by atoms with Crippen LogP contribution in [0.25, 0.3) is 10.9 Å². The fourth-order valence-electron chi connectivity index (χ4n) is 2.79. The second-order valence-electron chi connectivity index (χ2n) is 5.34. The Morgan fingerprint density at radius 1 is 1.35 bits per heavy atom. The number of piperidine rings is 1. The van der Waals surface area contributed by atoms with Crippen molar-refractivity contribution in [2.75, 3.05) is 25.9 Å². The van der Waals surface area contributed by atoms with Crippen LogP contribution in [0.1, 0.15) is 18.9 Å². The quantitative estimate of drug-likeness (QED) is 0.865. The first-order chi connectivity index (χ1) is 9.56. The summed E-state index contributed by atoms with van der Waals surface area (Å²) in [6.07, 6.45) is 1.86. The molecule has 1 fully saturated rings. The number of likely N-dealkylation sites (tertiary alicyclic amines) is 1. The van der Waals surface area contributed by atoms with Crippen molar-refractivity contribution in [1.29, 1.82) is 0 Å². The molecule has 1 aliphatic heterocycles. The maximum Gasteiger partial charge on any atom is 0.263 e. The molecule has 1 aromatic heterocycles. The van der Waals surface area contributed by atoms with Crippen molar-refractivity contribution in [3.05, 3.63) is 33.0 Å². The molecular weight excluding hydrogens is 320 g/mol. The van der Waals surface area contributed by atoms with E-state index in [1.807, 2.05) is 18.2 Å². The van der Waals surface area contributed by atoms with Crippen LogP contribution in [0, 0.1) is 0 Å². The number of fused-ring (bicyclic) bond motifs is 1. The standard InChI is InChI=1S/C14H17BrN4O/c1-18-6-4-10(5-7-18)19-13(20)11-8-9(15)2-3-12(11)17-14(19)16/h2-3,8,10H,4-7H2,1H3,(H2,16,17). The summed E-state index contributed by atoms with van der Waals surface area (Å²) in [6.45, 7) is 1.96. The molecule has 2 heterocycles. The molecule has 106 valence electrons. The average Bonchev–Trinajstić information content (AvgIpc) is 2.42. The predicted molar refractivity (Wildman–Crippen MR) is 83.9 cm³/mol. The zero-order valence-corrected chi connectivity index (χ0v) is 12.9. The normalized spacial score (nSPS) is 17.7. The van der Waals surface area contributed by atoms with Crippen molar-refractivity contribution in [2.24, 2.45) is 0 Å². The number of nitrogen functional groups attached to an aromatic ring is 1. The van der Waals surface area contributed by atoms with E-state index in [1.54, 1.807) is 4.57 Å². The largest absolute Gasteiger partial charge is 0.369 e. The van der Waals surface area contributed by atoms with Crippen LogP contribution < -0.4 is 11.3 Å². The Morgan fingerprint density at radius 2 is 2.05 bits per heavy atom. The number of hydrogen-bond donors (Lipinski definition) is 1. The van der Waals surface area contributed by atoms with Crippen molar-refractivity contribution < 1.29 is 0 Å². The Bertz CT molecular complexity index is 704. The zero-order chi connectivity index (χ0) is 14.3. The summed E-state index contributed by atoms with van der Waals surface area (Å²) >= 11 is 3.40. The third-order valence-corrected chi connectivity index (χ3v) is 4.44. The predicted octanol–water partition coefficient (Wildman–Crippen LogP) is 2.01. The lowest BCUT2D eigenvalue weighted by atomic mass is 10.1. The lowest BCUT2D eigenvalue weighted by Gasteiger charge is -2.30. The monoisotopic (exact) mass is 336 g/mol. The number of halogens is 1. The summed E-state index contributed by atoms with van der Waals surface area (Å²) in [5.41, 5.74) is 6.63. The summed E-state index contributed by atoms with van der Waals surface area (Å²) < 4.78 is 2.55. The first kappa shape index (κ1) is 13.6. The first-order valence-corrected chi connectivity index (χ1v) is 7.51. The number of anilines is 1. The molecule has 0 unspecified atom stereocenters. The van der Waals surface area contributed by atoms with Gasteiger partial charge in [-0.1, -0.05) is 15.9 Å². The van der Waals surface area contributed by atoms with E-state index in [9.17, 15) is 4.79 Å². The summed E-state index contributed by atoms with van der Waals surface area (Å²) in [5, 5.41) is 0.618. The van der Waals surface area contributed by atoms with E-state index in [-0.39, 0.29) is 11.6 Å². The van der Waals surface area contributed by atoms with E-state index in [2.05, 4.69) is 32.9 Å². The minimum Gasteiger partial charge on any atom is -0.369 e. The molecule has 6 heteroatoms. The first-order valence-electron chi connectivity index (χ1n) is 6.72. The summed E-state index contributed by atoms with van der Waals surface area (Å²) in [6, 6.07) is 5.65. The lowest BCUT2D eigenvalue weighted by Crippen LogP contribution is -2.36. The average molecular weight is 337 g/mol. The highest BCUT2D eigenvalue weighted by Gasteiger charge is 2.22. The van der Waals surface area contributed by atoms with E-state index >= 15 is 0 Å². The van der Waals surface area contributed by atoms with Gasteiger partial charge in [0.1, 0.15) is 0 Å². The van der Waals surface area contributed by atoms with Crippen molar-refractivity contribution in [3.8, 4) is 0 Å². The van der Waals surface area contributed by atoms with E-state index in [0.717, 1.165) is 30.4 Å². The number of benzene rings is 1. The topological polar surface area (TPSA) is 64.2 Å². The van der Waals surface area contributed by atoms with Gasteiger partial charge in [-0.2, -0.15) is 0 Å². The van der Waals surface area contributed by atoms with Crippen LogP contribution >= 0.6 is 15.9 Å². The van der Waals surface area contributed by atoms with E-state index in [1.165, 1.54) is 0 Å². The van der Waals surface area contributed by atoms with Crippen LogP contribution in [0.15, 0.2) is 27.5 Å². The van der Waals surface area contributed by atoms with Crippen LogP contribution in [-0.2, 0) is 0 Å². The molecular formula is C14H17BrN4O. The van der Waals surface area contributed by atoms with Gasteiger partial charge in [0.15, 0.2) is 0 Å². The zero-order valence-electron chi connectivity index (χ0n) is 11.3. The Morgan fingerprint density at radius 3 is 2.75 bits per heavy atom. The fraction of sp³-hybridized carbons (Fsp3) is 0.429. The third-order valence-electron chi connectivity index (χ3n) is 3.94. The molecule has 5 nitrogen and oxygen atoms in total. The van der Waals surface area contributed by atoms with Crippen molar-refractivity contribution in [3.63, 3.8) is 0 Å². The lowest BCUT2D eigenvalue weighted by molar-refractivity contribution is 0.220. The second kappa shape index (κ2) is 5.18. The van der Waals surface area contributed by atoms with Gasteiger partial charge < -0.3 is 10.6 Å². The molecule has 0 aliphatic carbocycles. The molecule has 20 heavy (non-hydrogen) atoms. The second-order valence-corrected chi connectivity index (χ2v) is 6.26. The summed E-state index contributed by atoms with van der Waals surface area (Å²) in [7, 11) is 2.10. The van der Waals surface area contributed by atoms with Crippen LogP contribution in [0.5, 0.6) is 0 Å². The third kappa shape index (κ3) is 2.33. The molecule has 3 rings (SSSR count). The Hall–Kier alpha value is -1.40. The molecule has 0 atom stereocenters. The minimum absolute atomic E-state index is 0.0386. The van der Waals surface area contributed by atoms with E-state index < -0.39 is 0 Å². The van der Waals surface area contributed by atoms with Gasteiger partial charge in [-0.3, -0.25) is 9.36 Å². The number of nitrogens with two attached hydrogens (primary N) is 1. The van der Waals surface area contributed by atoms with Gasteiger partial charge in [-0.05, 0) is 51.2 Å². The molecule has 0 saturated carbocycles. The van der Waals surface area contributed by atoms with E-state index in [0.29, 0.717) is 16.9 Å². The van der Waals surface area contributed by atoms with Crippen LogP contribution in [0.4, 0.5) is 5.95 Å². The Labute approximate surface area is 125 Å². The SMILES string of the molecule is CN1CCC(n2c(N)nc3ccc(Br)cc3c2=O)CC1. The molecule has 0 amide bonds. The number of rotatable bonds is 1. The molecule has 1 aliphatic rings.